The van der Waals surface area contributed by atoms with Gasteiger partial charge in [0.15, 0.2) is 16.6 Å². The van der Waals surface area contributed by atoms with Gasteiger partial charge in [-0.15, -0.1) is 11.3 Å². The number of methoxy groups -OCH3 is 1. The lowest BCUT2D eigenvalue weighted by Crippen LogP contribution is -2.37. The van der Waals surface area contributed by atoms with Gasteiger partial charge in [-0.05, 0) is 19.4 Å². The van der Waals surface area contributed by atoms with Crippen molar-refractivity contribution in [1.29, 1.82) is 0 Å². The van der Waals surface area contributed by atoms with Gasteiger partial charge in [0.2, 0.25) is 0 Å². The molecule has 3 aromatic rings. The third-order valence-electron chi connectivity index (χ3n) is 5.31. The second-order valence-electron chi connectivity index (χ2n) is 7.65. The Morgan fingerprint density at radius 3 is 2.88 bits per heavy atom. The Hall–Kier alpha value is -3.02. The van der Waals surface area contributed by atoms with Crippen molar-refractivity contribution in [1.82, 2.24) is 19.9 Å². The van der Waals surface area contributed by atoms with Gasteiger partial charge < -0.3 is 24.3 Å². The normalized spacial score (nSPS) is 14.2. The van der Waals surface area contributed by atoms with Crippen LogP contribution in [-0.4, -0.2) is 79.0 Å². The van der Waals surface area contributed by atoms with Crippen LogP contribution in [0, 0.1) is 0 Å². The first-order valence-corrected chi connectivity index (χ1v) is 12.2. The fourth-order valence-corrected chi connectivity index (χ4v) is 4.35. The van der Waals surface area contributed by atoms with Crippen molar-refractivity contribution in [2.24, 2.45) is 0 Å². The minimum atomic E-state index is -0.297. The third-order valence-corrected chi connectivity index (χ3v) is 6.12. The highest BCUT2D eigenvalue weighted by Gasteiger charge is 2.15. The van der Waals surface area contributed by atoms with E-state index in [0.29, 0.717) is 41.4 Å². The number of nitrogens with zero attached hydrogens (tertiary/aromatic N) is 4. The molecule has 3 heterocycles. The monoisotopic (exact) mass is 487 g/mol. The summed E-state index contributed by atoms with van der Waals surface area (Å²) in [4.78, 5) is 27.3. The van der Waals surface area contributed by atoms with Gasteiger partial charge >= 0.3 is 5.97 Å². The quantitative estimate of drug-likeness (QED) is 0.320. The minimum Gasteiger partial charge on any atom is -0.493 e. The first-order valence-electron chi connectivity index (χ1n) is 11.3. The van der Waals surface area contributed by atoms with Crippen LogP contribution in [0.3, 0.4) is 0 Å². The number of aromatic nitrogens is 3. The second kappa shape index (κ2) is 11.9. The summed E-state index contributed by atoms with van der Waals surface area (Å²) < 4.78 is 22.0. The van der Waals surface area contributed by atoms with Crippen LogP contribution in [-0.2, 0) is 20.7 Å². The molecule has 1 saturated heterocycles. The maximum absolute atomic E-state index is 11.7. The zero-order valence-electron chi connectivity index (χ0n) is 19.4. The summed E-state index contributed by atoms with van der Waals surface area (Å²) in [5, 5.41) is 6.46. The van der Waals surface area contributed by atoms with E-state index < -0.39 is 0 Å². The molecule has 10 nitrogen and oxygen atoms in total. The van der Waals surface area contributed by atoms with Gasteiger partial charge in [-0.1, -0.05) is 0 Å². The summed E-state index contributed by atoms with van der Waals surface area (Å²) in [6.45, 7) is 7.21. The van der Waals surface area contributed by atoms with E-state index in [0.717, 1.165) is 50.2 Å². The molecule has 0 amide bonds. The van der Waals surface area contributed by atoms with Crippen molar-refractivity contribution >= 4 is 39.2 Å². The number of nitrogens with one attached hydrogen (secondary N) is 1. The maximum atomic E-state index is 11.7. The van der Waals surface area contributed by atoms with Crippen LogP contribution < -0.4 is 14.8 Å². The zero-order chi connectivity index (χ0) is 23.8. The molecule has 1 aliphatic heterocycles. The zero-order valence-corrected chi connectivity index (χ0v) is 20.2. The molecule has 1 fully saturated rings. The van der Waals surface area contributed by atoms with Gasteiger partial charge in [0, 0.05) is 36.5 Å². The largest absolute Gasteiger partial charge is 0.493 e. The van der Waals surface area contributed by atoms with E-state index in [4.69, 9.17) is 18.9 Å². The Bertz CT molecular complexity index is 1100. The number of morpholine rings is 1. The Morgan fingerprint density at radius 2 is 2.09 bits per heavy atom. The van der Waals surface area contributed by atoms with Crippen molar-refractivity contribution in [3.63, 3.8) is 0 Å². The fourth-order valence-electron chi connectivity index (χ4n) is 3.64. The van der Waals surface area contributed by atoms with E-state index in [1.54, 1.807) is 14.0 Å². The number of fused-ring (bicyclic) bond motifs is 1. The van der Waals surface area contributed by atoms with Crippen LogP contribution in [0.4, 0.5) is 10.9 Å². The van der Waals surface area contributed by atoms with Crippen LogP contribution >= 0.6 is 11.3 Å². The van der Waals surface area contributed by atoms with Crippen molar-refractivity contribution in [2.75, 3.05) is 58.5 Å². The molecule has 1 N–H and O–H groups in total. The molecule has 0 saturated carbocycles. The van der Waals surface area contributed by atoms with Gasteiger partial charge in [-0.25, -0.2) is 15.0 Å². The molecular weight excluding hydrogens is 458 g/mol. The van der Waals surface area contributed by atoms with Crippen molar-refractivity contribution in [3.05, 3.63) is 29.5 Å². The number of carbonyl (C=O) groups excluding carboxylic acids is 1. The average molecular weight is 488 g/mol. The van der Waals surface area contributed by atoms with E-state index in [2.05, 4.69) is 25.2 Å². The molecule has 1 aliphatic rings. The van der Waals surface area contributed by atoms with Crippen LogP contribution in [0.25, 0.3) is 10.9 Å². The lowest BCUT2D eigenvalue weighted by molar-refractivity contribution is -0.142. The molecule has 11 heteroatoms. The summed E-state index contributed by atoms with van der Waals surface area (Å²) in [6, 6.07) is 3.73. The van der Waals surface area contributed by atoms with Crippen LogP contribution in [0.2, 0.25) is 0 Å². The number of rotatable bonds is 11. The molecule has 182 valence electrons. The highest BCUT2D eigenvalue weighted by atomic mass is 32.1. The molecule has 0 bridgehead atoms. The van der Waals surface area contributed by atoms with E-state index >= 15 is 0 Å². The molecule has 0 atom stereocenters. The van der Waals surface area contributed by atoms with E-state index in [9.17, 15) is 4.79 Å². The number of thiazole rings is 1. The number of esters is 1. The lowest BCUT2D eigenvalue weighted by Gasteiger charge is -2.26. The Labute approximate surface area is 202 Å². The summed E-state index contributed by atoms with van der Waals surface area (Å²) >= 11 is 1.39. The Morgan fingerprint density at radius 1 is 1.24 bits per heavy atom. The number of hydrogen-bond donors (Lipinski definition) is 1. The highest BCUT2D eigenvalue weighted by Crippen LogP contribution is 2.35. The number of hydrogen-bond acceptors (Lipinski definition) is 11. The Balaban J connectivity index is 1.43. The summed E-state index contributed by atoms with van der Waals surface area (Å²) in [5.74, 6) is 1.56. The van der Waals surface area contributed by atoms with Gasteiger partial charge in [-0.2, -0.15) is 0 Å². The molecule has 0 unspecified atom stereocenters. The molecule has 2 aromatic heterocycles. The maximum Gasteiger partial charge on any atom is 0.311 e. The van der Waals surface area contributed by atoms with Gasteiger partial charge in [0.1, 0.15) is 12.1 Å². The number of benzene rings is 1. The highest BCUT2D eigenvalue weighted by molar-refractivity contribution is 7.13. The number of ether oxygens (including phenoxy) is 4. The average Bonchev–Trinajstić information content (AvgIpc) is 3.28. The first-order chi connectivity index (χ1) is 16.7. The summed E-state index contributed by atoms with van der Waals surface area (Å²) in [6.07, 6.45) is 2.54. The van der Waals surface area contributed by atoms with Crippen molar-refractivity contribution in [2.45, 2.75) is 19.8 Å². The fraction of sp³-hybridized carbons (Fsp3) is 0.478. The summed E-state index contributed by atoms with van der Waals surface area (Å²) in [5.41, 5.74) is 1.37. The van der Waals surface area contributed by atoms with Crippen LogP contribution in [0.1, 0.15) is 19.0 Å². The standard InChI is InChI=1S/C23H29N5O5S/c1-3-32-21(29)11-16-14-34-23(26-16)27-22-17-12-19(30-2)20(13-18(17)24-15-25-22)33-8-4-5-28-6-9-31-10-7-28/h12-15H,3-11H2,1-2H3,(H,24,25,26,27). The lowest BCUT2D eigenvalue weighted by atomic mass is 10.2. The minimum absolute atomic E-state index is 0.136. The predicted octanol–water partition coefficient (Wildman–Crippen LogP) is 3.05. The first kappa shape index (κ1) is 24.1. The van der Waals surface area contributed by atoms with E-state index in [1.165, 1.54) is 17.7 Å². The SMILES string of the molecule is CCOC(=O)Cc1csc(Nc2ncnc3cc(OCCCN4CCOCC4)c(OC)cc23)n1. The van der Waals surface area contributed by atoms with Crippen LogP contribution in [0.5, 0.6) is 11.5 Å². The van der Waals surface area contributed by atoms with Crippen molar-refractivity contribution < 1.29 is 23.7 Å². The van der Waals surface area contributed by atoms with Gasteiger partial charge in [0.05, 0.1) is 51.2 Å². The molecular formula is C23H29N5O5S. The topological polar surface area (TPSA) is 108 Å². The molecule has 0 spiro atoms. The molecule has 1 aromatic carbocycles. The number of carbonyl (C=O) groups is 1. The van der Waals surface area contributed by atoms with Crippen molar-refractivity contribution in [3.8, 4) is 11.5 Å². The smallest absolute Gasteiger partial charge is 0.311 e. The molecule has 0 aliphatic carbocycles. The molecule has 4 rings (SSSR count). The number of anilines is 2. The van der Waals surface area contributed by atoms with Crippen LogP contribution in [0.15, 0.2) is 23.8 Å². The second-order valence-corrected chi connectivity index (χ2v) is 8.51. The summed E-state index contributed by atoms with van der Waals surface area (Å²) in [7, 11) is 1.61. The van der Waals surface area contributed by atoms with E-state index in [1.807, 2.05) is 17.5 Å². The molecule has 0 radical (unpaired) electrons. The van der Waals surface area contributed by atoms with Gasteiger partial charge in [-0.3, -0.25) is 9.69 Å². The molecule has 34 heavy (non-hydrogen) atoms. The van der Waals surface area contributed by atoms with Gasteiger partial charge in [0.25, 0.3) is 0 Å². The van der Waals surface area contributed by atoms with E-state index in [-0.39, 0.29) is 12.4 Å². The predicted molar refractivity (Wildman–Crippen MR) is 129 cm³/mol. The third kappa shape index (κ3) is 6.31. The Kier molecular flexibility index (Phi) is 8.45.